The maximum absolute atomic E-state index is 11.5. The maximum Gasteiger partial charge on any atom is 0.239 e. The standard InChI is InChI=1S/C10H14N4O2S/c1-16-6-8(11)9(15)12-4-7-5-14-2-3-17-10(14)13-7/h2-3,5,8H,4,6,11H2,1H3,(H,12,15). The van der Waals surface area contributed by atoms with Crippen molar-refractivity contribution < 1.29 is 9.53 Å². The van der Waals surface area contributed by atoms with E-state index in [9.17, 15) is 4.79 Å². The second kappa shape index (κ2) is 5.26. The molecule has 0 saturated heterocycles. The van der Waals surface area contributed by atoms with E-state index in [0.29, 0.717) is 6.54 Å². The summed E-state index contributed by atoms with van der Waals surface area (Å²) >= 11 is 1.55. The number of fused-ring (bicyclic) bond motifs is 1. The number of methoxy groups -OCH3 is 1. The number of nitrogens with one attached hydrogen (secondary N) is 1. The van der Waals surface area contributed by atoms with Gasteiger partial charge in [-0.25, -0.2) is 4.98 Å². The number of rotatable bonds is 5. The molecule has 0 radical (unpaired) electrons. The van der Waals surface area contributed by atoms with Crippen LogP contribution < -0.4 is 11.1 Å². The molecule has 3 N–H and O–H groups in total. The Labute approximate surface area is 102 Å². The highest BCUT2D eigenvalue weighted by Crippen LogP contribution is 2.10. The summed E-state index contributed by atoms with van der Waals surface area (Å²) in [6, 6.07) is -0.635. The zero-order valence-electron chi connectivity index (χ0n) is 9.42. The van der Waals surface area contributed by atoms with Gasteiger partial charge < -0.3 is 15.8 Å². The average Bonchev–Trinajstić information content (AvgIpc) is 2.86. The van der Waals surface area contributed by atoms with Crippen molar-refractivity contribution in [1.82, 2.24) is 14.7 Å². The Morgan fingerprint density at radius 1 is 1.76 bits per heavy atom. The Morgan fingerprint density at radius 3 is 3.29 bits per heavy atom. The lowest BCUT2D eigenvalue weighted by Gasteiger charge is -2.09. The first-order chi connectivity index (χ1) is 8.20. The lowest BCUT2D eigenvalue weighted by molar-refractivity contribution is -0.123. The fraction of sp³-hybridized carbons (Fsp3) is 0.400. The van der Waals surface area contributed by atoms with Crippen LogP contribution in [0.2, 0.25) is 0 Å². The maximum atomic E-state index is 11.5. The Kier molecular flexibility index (Phi) is 3.72. The number of imidazole rings is 1. The van der Waals surface area contributed by atoms with Gasteiger partial charge in [-0.1, -0.05) is 0 Å². The van der Waals surface area contributed by atoms with E-state index < -0.39 is 6.04 Å². The number of nitrogens with zero attached hydrogens (tertiary/aromatic N) is 2. The van der Waals surface area contributed by atoms with Gasteiger partial charge in [-0.15, -0.1) is 11.3 Å². The summed E-state index contributed by atoms with van der Waals surface area (Å²) in [6.07, 6.45) is 3.81. The molecule has 0 aliphatic carbocycles. The first-order valence-corrected chi connectivity index (χ1v) is 6.02. The van der Waals surface area contributed by atoms with Gasteiger partial charge in [0.25, 0.3) is 0 Å². The Hall–Kier alpha value is -1.44. The third-order valence-corrected chi connectivity index (χ3v) is 3.04. The number of nitrogens with two attached hydrogens (primary N) is 1. The van der Waals surface area contributed by atoms with Crippen LogP contribution in [-0.2, 0) is 16.1 Å². The smallest absolute Gasteiger partial charge is 0.239 e. The summed E-state index contributed by atoms with van der Waals surface area (Å²) in [6.45, 7) is 0.592. The van der Waals surface area contributed by atoms with Gasteiger partial charge in [-0.05, 0) is 0 Å². The molecule has 17 heavy (non-hydrogen) atoms. The molecule has 0 fully saturated rings. The molecule has 2 aromatic rings. The van der Waals surface area contributed by atoms with E-state index in [1.165, 1.54) is 7.11 Å². The molecule has 0 aromatic carbocycles. The van der Waals surface area contributed by atoms with E-state index in [2.05, 4.69) is 10.3 Å². The first kappa shape index (κ1) is 12.0. The van der Waals surface area contributed by atoms with Crippen molar-refractivity contribution in [3.8, 4) is 0 Å². The van der Waals surface area contributed by atoms with Gasteiger partial charge in [0.15, 0.2) is 4.96 Å². The van der Waals surface area contributed by atoms with Gasteiger partial charge in [-0.2, -0.15) is 0 Å². The zero-order chi connectivity index (χ0) is 12.3. The van der Waals surface area contributed by atoms with Crippen LogP contribution in [0.15, 0.2) is 17.8 Å². The Balaban J connectivity index is 1.89. The molecule has 6 nitrogen and oxygen atoms in total. The second-order valence-corrected chi connectivity index (χ2v) is 4.48. The number of thiazole rings is 1. The van der Waals surface area contributed by atoms with Gasteiger partial charge in [0, 0.05) is 24.9 Å². The minimum Gasteiger partial charge on any atom is -0.383 e. The van der Waals surface area contributed by atoms with Crippen molar-refractivity contribution in [2.24, 2.45) is 5.73 Å². The van der Waals surface area contributed by atoms with Crippen LogP contribution in [0.1, 0.15) is 5.69 Å². The van der Waals surface area contributed by atoms with Crippen molar-refractivity contribution in [1.29, 1.82) is 0 Å². The second-order valence-electron chi connectivity index (χ2n) is 3.60. The van der Waals surface area contributed by atoms with E-state index in [-0.39, 0.29) is 12.5 Å². The van der Waals surface area contributed by atoms with E-state index in [1.807, 2.05) is 22.2 Å². The molecule has 92 valence electrons. The van der Waals surface area contributed by atoms with Crippen LogP contribution in [0.3, 0.4) is 0 Å². The summed E-state index contributed by atoms with van der Waals surface area (Å²) in [7, 11) is 1.51. The van der Waals surface area contributed by atoms with Gasteiger partial charge >= 0.3 is 0 Å². The van der Waals surface area contributed by atoms with Gasteiger partial charge in [0.2, 0.25) is 5.91 Å². The third kappa shape index (κ3) is 2.82. The first-order valence-electron chi connectivity index (χ1n) is 5.14. The minimum atomic E-state index is -0.635. The summed E-state index contributed by atoms with van der Waals surface area (Å²) < 4.78 is 6.73. The Bertz CT molecular complexity index is 479. The molecule has 0 saturated carbocycles. The molecule has 1 atom stereocenters. The Morgan fingerprint density at radius 2 is 2.59 bits per heavy atom. The fourth-order valence-electron chi connectivity index (χ4n) is 1.43. The number of carbonyl (C=O) groups excluding carboxylic acids is 1. The SMILES string of the molecule is COCC(N)C(=O)NCc1cn2ccsc2n1. The third-order valence-electron chi connectivity index (χ3n) is 2.27. The lowest BCUT2D eigenvalue weighted by atomic mass is 10.3. The van der Waals surface area contributed by atoms with E-state index >= 15 is 0 Å². The topological polar surface area (TPSA) is 81.6 Å². The molecule has 7 heteroatoms. The predicted molar refractivity (Wildman–Crippen MR) is 64.8 cm³/mol. The minimum absolute atomic E-state index is 0.212. The molecule has 0 bridgehead atoms. The highest BCUT2D eigenvalue weighted by Gasteiger charge is 2.13. The summed E-state index contributed by atoms with van der Waals surface area (Å²) in [4.78, 5) is 16.8. The number of hydrogen-bond donors (Lipinski definition) is 2. The molecule has 0 spiro atoms. The van der Waals surface area contributed by atoms with Crippen LogP contribution >= 0.6 is 11.3 Å². The van der Waals surface area contributed by atoms with E-state index in [1.54, 1.807) is 11.3 Å². The highest BCUT2D eigenvalue weighted by molar-refractivity contribution is 7.15. The lowest BCUT2D eigenvalue weighted by Crippen LogP contribution is -2.43. The van der Waals surface area contributed by atoms with Gasteiger partial charge in [0.1, 0.15) is 6.04 Å². The molecule has 2 heterocycles. The number of amides is 1. The van der Waals surface area contributed by atoms with Crippen LogP contribution in [-0.4, -0.2) is 35.1 Å². The van der Waals surface area contributed by atoms with Crippen molar-refractivity contribution in [3.63, 3.8) is 0 Å². The summed E-state index contributed by atoms with van der Waals surface area (Å²) in [5.41, 5.74) is 6.40. The van der Waals surface area contributed by atoms with E-state index in [4.69, 9.17) is 10.5 Å². The molecule has 0 aliphatic heterocycles. The molecular formula is C10H14N4O2S. The quantitative estimate of drug-likeness (QED) is 0.786. The fourth-order valence-corrected chi connectivity index (χ4v) is 2.14. The highest BCUT2D eigenvalue weighted by atomic mass is 32.1. The molecule has 1 unspecified atom stereocenters. The van der Waals surface area contributed by atoms with Crippen molar-refractivity contribution in [3.05, 3.63) is 23.5 Å². The largest absolute Gasteiger partial charge is 0.383 e. The van der Waals surface area contributed by atoms with Crippen LogP contribution in [0, 0.1) is 0 Å². The normalized spacial score (nSPS) is 12.8. The monoisotopic (exact) mass is 254 g/mol. The van der Waals surface area contributed by atoms with Crippen molar-refractivity contribution in [2.75, 3.05) is 13.7 Å². The van der Waals surface area contributed by atoms with Crippen LogP contribution in [0.25, 0.3) is 4.96 Å². The van der Waals surface area contributed by atoms with Crippen molar-refractivity contribution >= 4 is 22.2 Å². The molecule has 0 aliphatic rings. The number of carbonyl (C=O) groups is 1. The molecule has 2 aromatic heterocycles. The van der Waals surface area contributed by atoms with Crippen LogP contribution in [0.4, 0.5) is 0 Å². The van der Waals surface area contributed by atoms with Gasteiger partial charge in [-0.3, -0.25) is 9.20 Å². The summed E-state index contributed by atoms with van der Waals surface area (Å²) in [5, 5.41) is 4.68. The van der Waals surface area contributed by atoms with E-state index in [0.717, 1.165) is 10.7 Å². The van der Waals surface area contributed by atoms with Gasteiger partial charge in [0.05, 0.1) is 18.8 Å². The zero-order valence-corrected chi connectivity index (χ0v) is 10.2. The predicted octanol–water partition coefficient (Wildman–Crippen LogP) is -0.0143. The molecular weight excluding hydrogens is 240 g/mol. The number of hydrogen-bond acceptors (Lipinski definition) is 5. The summed E-state index contributed by atoms with van der Waals surface area (Å²) in [5.74, 6) is -0.233. The molecule has 2 rings (SSSR count). The van der Waals surface area contributed by atoms with Crippen molar-refractivity contribution in [2.45, 2.75) is 12.6 Å². The number of aromatic nitrogens is 2. The average molecular weight is 254 g/mol. The van der Waals surface area contributed by atoms with Crippen LogP contribution in [0.5, 0.6) is 0 Å². The molecule has 1 amide bonds. The number of ether oxygens (including phenoxy) is 1.